The molecule has 5 nitrogen and oxygen atoms in total. The van der Waals surface area contributed by atoms with Crippen molar-refractivity contribution in [2.75, 3.05) is 38.1 Å². The molecule has 188 valence electrons. The van der Waals surface area contributed by atoms with Crippen LogP contribution >= 0.6 is 0 Å². The van der Waals surface area contributed by atoms with E-state index in [-0.39, 0.29) is 29.1 Å². The maximum Gasteiger partial charge on any atom is 0.418 e. The van der Waals surface area contributed by atoms with Crippen molar-refractivity contribution < 1.29 is 31.1 Å². The van der Waals surface area contributed by atoms with Gasteiger partial charge in [0.1, 0.15) is 0 Å². The fourth-order valence-corrected chi connectivity index (χ4v) is 4.90. The van der Waals surface area contributed by atoms with E-state index in [1.54, 1.807) is 22.8 Å². The minimum absolute atomic E-state index is 0.0202. The second-order valence-corrected chi connectivity index (χ2v) is 8.69. The number of amides is 1. The summed E-state index contributed by atoms with van der Waals surface area (Å²) in [5, 5.41) is 0. The van der Waals surface area contributed by atoms with Gasteiger partial charge in [0.05, 0.1) is 11.1 Å². The molecular formula is C24H24F6N4O. The number of hydrogen-bond acceptors (Lipinski definition) is 3. The number of benzene rings is 1. The fraction of sp³-hybridized carbons (Fsp3) is 0.417. The summed E-state index contributed by atoms with van der Waals surface area (Å²) >= 11 is 0. The maximum absolute atomic E-state index is 13.4. The lowest BCUT2D eigenvalue weighted by Crippen LogP contribution is -2.44. The van der Waals surface area contributed by atoms with Crippen LogP contribution in [0.1, 0.15) is 12.5 Å². The first-order valence-electron chi connectivity index (χ1n) is 11.0. The van der Waals surface area contributed by atoms with E-state index >= 15 is 0 Å². The number of alkyl halides is 6. The molecule has 35 heavy (non-hydrogen) atoms. The molecule has 0 saturated carbocycles. The van der Waals surface area contributed by atoms with E-state index in [9.17, 15) is 31.1 Å². The fourth-order valence-electron chi connectivity index (χ4n) is 4.90. The van der Waals surface area contributed by atoms with Crippen LogP contribution in [0.2, 0.25) is 0 Å². The Balaban J connectivity index is 1.46. The van der Waals surface area contributed by atoms with E-state index in [0.717, 1.165) is 18.2 Å². The second kappa shape index (κ2) is 9.09. The van der Waals surface area contributed by atoms with Crippen LogP contribution < -0.4 is 4.90 Å². The van der Waals surface area contributed by atoms with Gasteiger partial charge in [0.2, 0.25) is 0 Å². The van der Waals surface area contributed by atoms with Crippen LogP contribution in [0, 0.1) is 11.8 Å². The van der Waals surface area contributed by atoms with E-state index in [4.69, 9.17) is 0 Å². The number of para-hydroxylation sites is 1. The Morgan fingerprint density at radius 3 is 2.17 bits per heavy atom. The number of amidine groups is 1. The van der Waals surface area contributed by atoms with Gasteiger partial charge in [-0.15, -0.1) is 0 Å². The third-order valence-electron chi connectivity index (χ3n) is 6.56. The molecule has 0 spiro atoms. The first-order chi connectivity index (χ1) is 16.4. The van der Waals surface area contributed by atoms with Crippen LogP contribution in [0.25, 0.3) is 0 Å². The first kappa shape index (κ1) is 24.9. The minimum atomic E-state index is -4.52. The van der Waals surface area contributed by atoms with Crippen molar-refractivity contribution in [2.45, 2.75) is 19.3 Å². The minimum Gasteiger partial charge on any atom is -0.370 e. The summed E-state index contributed by atoms with van der Waals surface area (Å²) in [7, 11) is 1.39. The van der Waals surface area contributed by atoms with E-state index in [1.165, 1.54) is 36.4 Å². The normalized spacial score (nSPS) is 24.3. The molecule has 3 heterocycles. The molecule has 1 amide bonds. The van der Waals surface area contributed by atoms with Gasteiger partial charge in [0.15, 0.2) is 5.84 Å². The van der Waals surface area contributed by atoms with Crippen LogP contribution in [-0.2, 0) is 11.0 Å². The largest absolute Gasteiger partial charge is 0.418 e. The molecule has 0 unspecified atom stereocenters. The maximum atomic E-state index is 13.4. The molecule has 0 bridgehead atoms. The van der Waals surface area contributed by atoms with Crippen LogP contribution in [0.4, 0.5) is 32.0 Å². The quantitative estimate of drug-likeness (QED) is 0.316. The lowest BCUT2D eigenvalue weighted by Gasteiger charge is -2.30. The lowest BCUT2D eigenvalue weighted by atomic mass is 10.0. The topological polar surface area (TPSA) is 39.2 Å². The standard InChI is InChI=1S/C24H24F6N4O/c1-3-18-10-17(23(25,26)27)8-9-34(18)21(31-2)22(35)33-13-15-11-32(12-16(15)14-33)20-7-5-4-6-19(20)24(28,29)30/h3-10,15-16H,11-14H2,1-2H3/b18-3-,31-21?/t15-,16+. The van der Waals surface area contributed by atoms with Crippen molar-refractivity contribution in [3.05, 3.63) is 65.5 Å². The molecular weight excluding hydrogens is 474 g/mol. The highest BCUT2D eigenvalue weighted by Gasteiger charge is 2.45. The second-order valence-electron chi connectivity index (χ2n) is 8.69. The zero-order valence-corrected chi connectivity index (χ0v) is 19.1. The number of likely N-dealkylation sites (tertiary alicyclic amines) is 1. The molecule has 0 aromatic heterocycles. The molecule has 1 aromatic carbocycles. The van der Waals surface area contributed by atoms with Crippen molar-refractivity contribution in [3.8, 4) is 0 Å². The number of rotatable bonds is 1. The molecule has 4 rings (SSSR count). The summed E-state index contributed by atoms with van der Waals surface area (Å²) < 4.78 is 79.6. The number of halogens is 6. The summed E-state index contributed by atoms with van der Waals surface area (Å²) in [5.74, 6) is -0.496. The van der Waals surface area contributed by atoms with Crippen molar-refractivity contribution in [1.82, 2.24) is 9.80 Å². The van der Waals surface area contributed by atoms with E-state index < -0.39 is 29.4 Å². The Morgan fingerprint density at radius 1 is 1.00 bits per heavy atom. The third-order valence-corrected chi connectivity index (χ3v) is 6.56. The van der Waals surface area contributed by atoms with Gasteiger partial charge in [0.25, 0.3) is 5.91 Å². The number of fused-ring (bicyclic) bond motifs is 1. The van der Waals surface area contributed by atoms with Gasteiger partial charge >= 0.3 is 12.4 Å². The van der Waals surface area contributed by atoms with Crippen molar-refractivity contribution in [3.63, 3.8) is 0 Å². The number of nitrogens with zero attached hydrogens (tertiary/aromatic N) is 4. The molecule has 2 saturated heterocycles. The van der Waals surface area contributed by atoms with Crippen molar-refractivity contribution in [2.24, 2.45) is 16.8 Å². The Morgan fingerprint density at radius 2 is 1.63 bits per heavy atom. The van der Waals surface area contributed by atoms with Crippen LogP contribution in [-0.4, -0.2) is 60.9 Å². The molecule has 11 heteroatoms. The van der Waals surface area contributed by atoms with Gasteiger partial charge in [0, 0.05) is 62.6 Å². The molecule has 0 radical (unpaired) electrons. The Labute approximate surface area is 198 Å². The van der Waals surface area contributed by atoms with Crippen molar-refractivity contribution in [1.29, 1.82) is 0 Å². The van der Waals surface area contributed by atoms with Crippen LogP contribution in [0.5, 0.6) is 0 Å². The van der Waals surface area contributed by atoms with Gasteiger partial charge in [-0.1, -0.05) is 18.2 Å². The molecule has 3 aliphatic heterocycles. The average molecular weight is 498 g/mol. The lowest BCUT2D eigenvalue weighted by molar-refractivity contribution is -0.137. The van der Waals surface area contributed by atoms with Gasteiger partial charge in [-0.05, 0) is 31.2 Å². The Bertz CT molecular complexity index is 1100. The molecule has 3 aliphatic rings. The van der Waals surface area contributed by atoms with Crippen LogP contribution in [0.3, 0.4) is 0 Å². The van der Waals surface area contributed by atoms with Crippen molar-refractivity contribution >= 4 is 17.4 Å². The molecule has 1 aromatic rings. The number of hydrogen-bond donors (Lipinski definition) is 0. The van der Waals surface area contributed by atoms with E-state index in [2.05, 4.69) is 4.99 Å². The highest BCUT2D eigenvalue weighted by Crippen LogP contribution is 2.41. The zero-order valence-electron chi connectivity index (χ0n) is 19.1. The Kier molecular flexibility index (Phi) is 6.46. The smallest absolute Gasteiger partial charge is 0.370 e. The number of carbonyl (C=O) groups excluding carboxylic acids is 1. The summed E-state index contributed by atoms with van der Waals surface area (Å²) in [5.41, 5.74) is -1.22. The SMILES string of the molecule is C/C=C1/C=C(C(F)(F)F)C=CN1C(=NC)C(=O)N1C[C@@H]2CN(c3ccccc3C(F)(F)F)C[C@@H]2C1. The average Bonchev–Trinajstić information content (AvgIpc) is 3.38. The molecule has 2 atom stereocenters. The molecule has 2 fully saturated rings. The summed E-state index contributed by atoms with van der Waals surface area (Å²) in [6.45, 7) is 2.99. The predicted molar refractivity (Wildman–Crippen MR) is 119 cm³/mol. The number of anilines is 1. The summed E-state index contributed by atoms with van der Waals surface area (Å²) in [4.78, 5) is 21.9. The Hall–Kier alpha value is -3.24. The number of allylic oxidation sites excluding steroid dienone is 4. The van der Waals surface area contributed by atoms with Gasteiger partial charge in [-0.2, -0.15) is 26.3 Å². The molecule has 0 aliphatic carbocycles. The van der Waals surface area contributed by atoms with Gasteiger partial charge in [-0.3, -0.25) is 14.7 Å². The van der Waals surface area contributed by atoms with E-state index in [0.29, 0.717) is 26.2 Å². The number of aliphatic imine (C=N–C) groups is 1. The molecule has 0 N–H and O–H groups in total. The number of carbonyl (C=O) groups is 1. The summed E-state index contributed by atoms with van der Waals surface area (Å²) in [6.07, 6.45) is -4.51. The third kappa shape index (κ3) is 4.81. The zero-order chi connectivity index (χ0) is 25.5. The van der Waals surface area contributed by atoms with Crippen LogP contribution in [0.15, 0.2) is 65.0 Å². The summed E-state index contributed by atoms with van der Waals surface area (Å²) in [6, 6.07) is 5.45. The predicted octanol–water partition coefficient (Wildman–Crippen LogP) is 4.85. The van der Waals surface area contributed by atoms with Gasteiger partial charge < -0.3 is 9.80 Å². The van der Waals surface area contributed by atoms with E-state index in [1.807, 2.05) is 0 Å². The van der Waals surface area contributed by atoms with Gasteiger partial charge in [-0.25, -0.2) is 0 Å². The monoisotopic (exact) mass is 498 g/mol. The highest BCUT2D eigenvalue weighted by atomic mass is 19.4. The highest BCUT2D eigenvalue weighted by molar-refractivity contribution is 6.38. The first-order valence-corrected chi connectivity index (χ1v) is 11.0.